The minimum Gasteiger partial charge on any atom is -0.493 e. The van der Waals surface area contributed by atoms with E-state index in [0.717, 1.165) is 30.3 Å². The first-order valence-corrected chi connectivity index (χ1v) is 6.06. The first kappa shape index (κ1) is 11.4. The van der Waals surface area contributed by atoms with Crippen molar-refractivity contribution < 1.29 is 9.13 Å². The molecule has 88 valence electrons. The summed E-state index contributed by atoms with van der Waals surface area (Å²) in [5, 5.41) is 0. The van der Waals surface area contributed by atoms with Crippen LogP contribution in [-0.4, -0.2) is 6.61 Å². The molecule has 1 fully saturated rings. The fraction of sp³-hybridized carbons (Fsp3) is 0.571. The van der Waals surface area contributed by atoms with Crippen LogP contribution in [0, 0.1) is 17.7 Å². The highest BCUT2D eigenvalue weighted by Crippen LogP contribution is 2.30. The molecule has 0 unspecified atom stereocenters. The largest absolute Gasteiger partial charge is 0.493 e. The van der Waals surface area contributed by atoms with E-state index in [0.29, 0.717) is 5.92 Å². The third kappa shape index (κ3) is 3.22. The van der Waals surface area contributed by atoms with Gasteiger partial charge in [0.2, 0.25) is 0 Å². The van der Waals surface area contributed by atoms with E-state index in [1.165, 1.54) is 18.9 Å². The number of benzene rings is 1. The summed E-state index contributed by atoms with van der Waals surface area (Å²) in [5.41, 5.74) is 0.767. The standard InChI is InChI=1S/C14H19FO/c1-10(2)7-12-8-13(5-6-14(12)15)16-9-11-3-4-11/h5-6,8,10-11H,3-4,7,9H2,1-2H3. The maximum atomic E-state index is 13.5. The molecule has 1 aromatic carbocycles. The van der Waals surface area contributed by atoms with Gasteiger partial charge in [0.15, 0.2) is 0 Å². The van der Waals surface area contributed by atoms with Gasteiger partial charge < -0.3 is 4.74 Å². The predicted molar refractivity (Wildman–Crippen MR) is 63.2 cm³/mol. The van der Waals surface area contributed by atoms with Gasteiger partial charge in [-0.2, -0.15) is 0 Å². The van der Waals surface area contributed by atoms with Crippen LogP contribution in [0.1, 0.15) is 32.3 Å². The van der Waals surface area contributed by atoms with E-state index in [2.05, 4.69) is 13.8 Å². The number of rotatable bonds is 5. The highest BCUT2D eigenvalue weighted by atomic mass is 19.1. The topological polar surface area (TPSA) is 9.23 Å². The first-order chi connectivity index (χ1) is 7.65. The lowest BCUT2D eigenvalue weighted by molar-refractivity contribution is 0.299. The van der Waals surface area contributed by atoms with Crippen molar-refractivity contribution in [3.05, 3.63) is 29.6 Å². The Bertz CT molecular complexity index is 356. The quantitative estimate of drug-likeness (QED) is 0.736. The van der Waals surface area contributed by atoms with Gasteiger partial charge in [-0.1, -0.05) is 13.8 Å². The van der Waals surface area contributed by atoms with Crippen molar-refractivity contribution in [2.75, 3.05) is 6.61 Å². The second kappa shape index (κ2) is 4.86. The molecule has 1 aliphatic carbocycles. The highest BCUT2D eigenvalue weighted by Gasteiger charge is 2.22. The zero-order chi connectivity index (χ0) is 11.5. The van der Waals surface area contributed by atoms with Crippen molar-refractivity contribution >= 4 is 0 Å². The minimum atomic E-state index is -0.118. The lowest BCUT2D eigenvalue weighted by atomic mass is 10.0. The second-order valence-corrected chi connectivity index (χ2v) is 5.11. The van der Waals surface area contributed by atoms with Gasteiger partial charge in [0.1, 0.15) is 11.6 Å². The molecular formula is C14H19FO. The van der Waals surface area contributed by atoms with Gasteiger partial charge in [0, 0.05) is 0 Å². The molecule has 1 aromatic rings. The molecule has 0 saturated heterocycles. The number of halogens is 1. The minimum absolute atomic E-state index is 0.118. The van der Waals surface area contributed by atoms with Gasteiger partial charge >= 0.3 is 0 Å². The van der Waals surface area contributed by atoms with Crippen LogP contribution in [0.4, 0.5) is 4.39 Å². The van der Waals surface area contributed by atoms with E-state index in [4.69, 9.17) is 4.74 Å². The summed E-state index contributed by atoms with van der Waals surface area (Å²) in [6.07, 6.45) is 3.33. The van der Waals surface area contributed by atoms with Crippen LogP contribution < -0.4 is 4.74 Å². The molecule has 0 heterocycles. The molecule has 0 aromatic heterocycles. The molecule has 0 bridgehead atoms. The Kier molecular flexibility index (Phi) is 3.47. The van der Waals surface area contributed by atoms with Crippen LogP contribution in [0.5, 0.6) is 5.75 Å². The molecule has 16 heavy (non-hydrogen) atoms. The van der Waals surface area contributed by atoms with Crippen molar-refractivity contribution in [2.45, 2.75) is 33.1 Å². The van der Waals surface area contributed by atoms with Crippen LogP contribution in [-0.2, 0) is 6.42 Å². The monoisotopic (exact) mass is 222 g/mol. The summed E-state index contributed by atoms with van der Waals surface area (Å²) in [7, 11) is 0. The SMILES string of the molecule is CC(C)Cc1cc(OCC2CC2)ccc1F. The third-order valence-electron chi connectivity index (χ3n) is 2.83. The Balaban J connectivity index is 2.01. The van der Waals surface area contributed by atoms with Crippen molar-refractivity contribution in [1.29, 1.82) is 0 Å². The van der Waals surface area contributed by atoms with Crippen molar-refractivity contribution in [2.24, 2.45) is 11.8 Å². The number of hydrogen-bond acceptors (Lipinski definition) is 1. The molecule has 1 aliphatic rings. The van der Waals surface area contributed by atoms with E-state index in [9.17, 15) is 4.39 Å². The normalized spacial score (nSPS) is 15.5. The molecule has 0 radical (unpaired) electrons. The summed E-state index contributed by atoms with van der Waals surface area (Å²) < 4.78 is 19.1. The Morgan fingerprint density at radius 2 is 2.12 bits per heavy atom. The number of ether oxygens (including phenoxy) is 1. The van der Waals surface area contributed by atoms with Crippen LogP contribution >= 0.6 is 0 Å². The zero-order valence-electron chi connectivity index (χ0n) is 10.0. The fourth-order valence-electron chi connectivity index (χ4n) is 1.74. The molecule has 0 amide bonds. The average molecular weight is 222 g/mol. The maximum absolute atomic E-state index is 13.5. The van der Waals surface area contributed by atoms with Crippen molar-refractivity contribution in [3.63, 3.8) is 0 Å². The Morgan fingerprint density at radius 3 is 2.75 bits per heavy atom. The van der Waals surface area contributed by atoms with E-state index in [1.807, 2.05) is 6.07 Å². The summed E-state index contributed by atoms with van der Waals surface area (Å²) in [4.78, 5) is 0. The smallest absolute Gasteiger partial charge is 0.126 e. The summed E-state index contributed by atoms with van der Waals surface area (Å²) >= 11 is 0. The zero-order valence-corrected chi connectivity index (χ0v) is 10.0. The Hall–Kier alpha value is -1.05. The van der Waals surface area contributed by atoms with Crippen molar-refractivity contribution in [1.82, 2.24) is 0 Å². The van der Waals surface area contributed by atoms with Crippen LogP contribution in [0.2, 0.25) is 0 Å². The van der Waals surface area contributed by atoms with Gasteiger partial charge in [-0.3, -0.25) is 0 Å². The second-order valence-electron chi connectivity index (χ2n) is 5.11. The van der Waals surface area contributed by atoms with E-state index < -0.39 is 0 Å². The lowest BCUT2D eigenvalue weighted by Crippen LogP contribution is -2.02. The van der Waals surface area contributed by atoms with E-state index in [1.54, 1.807) is 6.07 Å². The molecule has 0 spiro atoms. The first-order valence-electron chi connectivity index (χ1n) is 6.06. The molecule has 0 N–H and O–H groups in total. The molecule has 2 heteroatoms. The summed E-state index contributed by atoms with van der Waals surface area (Å²) in [5.74, 6) is 1.89. The van der Waals surface area contributed by atoms with Gasteiger partial charge in [0.05, 0.1) is 6.61 Å². The lowest BCUT2D eigenvalue weighted by Gasteiger charge is -2.10. The van der Waals surface area contributed by atoms with Gasteiger partial charge in [-0.05, 0) is 54.9 Å². The van der Waals surface area contributed by atoms with Crippen LogP contribution in [0.25, 0.3) is 0 Å². The fourth-order valence-corrected chi connectivity index (χ4v) is 1.74. The Labute approximate surface area is 96.6 Å². The maximum Gasteiger partial charge on any atom is 0.126 e. The molecule has 2 rings (SSSR count). The van der Waals surface area contributed by atoms with E-state index >= 15 is 0 Å². The summed E-state index contributed by atoms with van der Waals surface area (Å²) in [6, 6.07) is 5.08. The predicted octanol–water partition coefficient (Wildman–Crippen LogP) is 3.81. The van der Waals surface area contributed by atoms with Gasteiger partial charge in [-0.15, -0.1) is 0 Å². The van der Waals surface area contributed by atoms with E-state index in [-0.39, 0.29) is 5.82 Å². The van der Waals surface area contributed by atoms with Crippen LogP contribution in [0.3, 0.4) is 0 Å². The molecular weight excluding hydrogens is 203 g/mol. The van der Waals surface area contributed by atoms with Crippen LogP contribution in [0.15, 0.2) is 18.2 Å². The van der Waals surface area contributed by atoms with Gasteiger partial charge in [0.25, 0.3) is 0 Å². The molecule has 0 atom stereocenters. The number of hydrogen-bond donors (Lipinski definition) is 0. The molecule has 1 nitrogen and oxygen atoms in total. The summed E-state index contributed by atoms with van der Waals surface area (Å²) in [6.45, 7) is 4.97. The van der Waals surface area contributed by atoms with Gasteiger partial charge in [-0.25, -0.2) is 4.39 Å². The average Bonchev–Trinajstić information content (AvgIpc) is 3.02. The molecule has 1 saturated carbocycles. The third-order valence-corrected chi connectivity index (χ3v) is 2.83. The Morgan fingerprint density at radius 1 is 1.38 bits per heavy atom. The highest BCUT2D eigenvalue weighted by molar-refractivity contribution is 5.30. The molecule has 0 aliphatic heterocycles. The van der Waals surface area contributed by atoms with Crippen molar-refractivity contribution in [3.8, 4) is 5.75 Å².